The highest BCUT2D eigenvalue weighted by Crippen LogP contribution is 2.33. The van der Waals surface area contributed by atoms with Gasteiger partial charge in [-0.1, -0.05) is 30.3 Å². The van der Waals surface area contributed by atoms with Crippen LogP contribution in [0.3, 0.4) is 0 Å². The molecule has 2 aromatic carbocycles. The number of ether oxygens (including phenoxy) is 2. The Morgan fingerprint density at radius 1 is 1.19 bits per heavy atom. The summed E-state index contributed by atoms with van der Waals surface area (Å²) in [5, 5.41) is 9.25. The molecule has 0 saturated heterocycles. The van der Waals surface area contributed by atoms with Gasteiger partial charge in [0.1, 0.15) is 11.6 Å². The van der Waals surface area contributed by atoms with Crippen LogP contribution in [-0.2, 0) is 16.0 Å². The van der Waals surface area contributed by atoms with E-state index in [1.807, 2.05) is 49.4 Å². The van der Waals surface area contributed by atoms with Crippen LogP contribution in [0.5, 0.6) is 5.75 Å². The van der Waals surface area contributed by atoms with E-state index in [1.165, 1.54) is 13.4 Å². The van der Waals surface area contributed by atoms with Gasteiger partial charge >= 0.3 is 5.97 Å². The molecule has 1 atom stereocenters. The van der Waals surface area contributed by atoms with Crippen molar-refractivity contribution >= 4 is 17.1 Å². The number of aliphatic carboxylic acids is 1. The number of methoxy groups -OCH3 is 1. The van der Waals surface area contributed by atoms with Crippen LogP contribution in [-0.4, -0.2) is 50.8 Å². The van der Waals surface area contributed by atoms with Crippen LogP contribution in [0.2, 0.25) is 0 Å². The lowest BCUT2D eigenvalue weighted by Crippen LogP contribution is -2.24. The van der Waals surface area contributed by atoms with Gasteiger partial charge in [0.2, 0.25) is 0 Å². The zero-order chi connectivity index (χ0) is 22.7. The molecular formula is C23H22N4O5. The highest BCUT2D eigenvalue weighted by atomic mass is 16.5. The summed E-state index contributed by atoms with van der Waals surface area (Å²) >= 11 is 0. The minimum Gasteiger partial charge on any atom is -0.493 e. The Hall–Kier alpha value is -3.98. The molecule has 0 radical (unpaired) electrons. The number of carboxylic acids is 1. The largest absolute Gasteiger partial charge is 0.493 e. The molecule has 3 N–H and O–H groups in total. The summed E-state index contributed by atoms with van der Waals surface area (Å²) in [4.78, 5) is 37.7. The molecule has 2 aromatic heterocycles. The van der Waals surface area contributed by atoms with Gasteiger partial charge in [0.15, 0.2) is 17.3 Å². The molecule has 0 saturated carbocycles. The van der Waals surface area contributed by atoms with Gasteiger partial charge in [-0.05, 0) is 35.7 Å². The quantitative estimate of drug-likeness (QED) is 0.389. The first-order valence-corrected chi connectivity index (χ1v) is 10.1. The van der Waals surface area contributed by atoms with Gasteiger partial charge in [-0.2, -0.15) is 0 Å². The molecule has 32 heavy (non-hydrogen) atoms. The monoisotopic (exact) mass is 434 g/mol. The Bertz CT molecular complexity index is 1330. The summed E-state index contributed by atoms with van der Waals surface area (Å²) in [6, 6.07) is 13.2. The molecule has 0 fully saturated rings. The first kappa shape index (κ1) is 21.3. The smallest absolute Gasteiger partial charge is 0.333 e. The van der Waals surface area contributed by atoms with E-state index in [-0.39, 0.29) is 17.5 Å². The van der Waals surface area contributed by atoms with E-state index in [1.54, 1.807) is 0 Å². The molecule has 9 nitrogen and oxygen atoms in total. The predicted molar refractivity (Wildman–Crippen MR) is 119 cm³/mol. The van der Waals surface area contributed by atoms with Crippen molar-refractivity contribution in [3.05, 3.63) is 64.7 Å². The molecule has 9 heteroatoms. The Kier molecular flexibility index (Phi) is 6.00. The van der Waals surface area contributed by atoms with Crippen LogP contribution in [0.4, 0.5) is 0 Å². The number of carboxylic acid groups (broad SMARTS) is 1. The second-order valence-corrected chi connectivity index (χ2v) is 7.13. The molecular weight excluding hydrogens is 412 g/mol. The molecule has 0 aliphatic carbocycles. The number of aromatic nitrogens is 4. The van der Waals surface area contributed by atoms with E-state index in [2.05, 4.69) is 19.9 Å². The number of carbonyl (C=O) groups is 1. The van der Waals surface area contributed by atoms with Crippen molar-refractivity contribution in [1.29, 1.82) is 0 Å². The number of nitrogens with zero attached hydrogens (tertiary/aromatic N) is 2. The number of nitrogens with one attached hydrogen (secondary N) is 2. The van der Waals surface area contributed by atoms with Gasteiger partial charge in [0, 0.05) is 13.5 Å². The second-order valence-electron chi connectivity index (χ2n) is 7.13. The summed E-state index contributed by atoms with van der Waals surface area (Å²) in [6.07, 6.45) is 0.770. The Labute approximate surface area is 183 Å². The van der Waals surface area contributed by atoms with Gasteiger partial charge in [0.05, 0.1) is 18.5 Å². The van der Waals surface area contributed by atoms with Gasteiger partial charge in [0.25, 0.3) is 5.56 Å². The zero-order valence-electron chi connectivity index (χ0n) is 17.6. The summed E-state index contributed by atoms with van der Waals surface area (Å²) in [6.45, 7) is 2.31. The maximum absolute atomic E-state index is 12.3. The number of fused-ring (bicyclic) bond motifs is 1. The minimum atomic E-state index is -1.00. The highest BCUT2D eigenvalue weighted by molar-refractivity contribution is 5.77. The van der Waals surface area contributed by atoms with Crippen molar-refractivity contribution < 1.29 is 19.4 Å². The third kappa shape index (κ3) is 4.23. The van der Waals surface area contributed by atoms with Crippen LogP contribution in [0.15, 0.2) is 53.6 Å². The molecule has 0 aliphatic heterocycles. The molecule has 164 valence electrons. The fourth-order valence-corrected chi connectivity index (χ4v) is 3.51. The lowest BCUT2D eigenvalue weighted by molar-refractivity contribution is -0.148. The number of hydrogen-bond donors (Lipinski definition) is 3. The standard InChI is InChI=1S/C23H22N4O5/c1-3-32-17-11-15(14-6-4-5-13(9-14)10-18(31-2)23(29)30)7-8-16(17)20-26-21-19(22(28)27-20)24-12-25-21/h4-9,11-12,18H,3,10H2,1-2H3,(H,29,30)(H2,24,25,26,27,28)/t18-/m1/s1. The maximum atomic E-state index is 12.3. The van der Waals surface area contributed by atoms with Crippen LogP contribution in [0.1, 0.15) is 12.5 Å². The van der Waals surface area contributed by atoms with Crippen molar-refractivity contribution in [2.75, 3.05) is 13.7 Å². The number of H-pyrrole nitrogens is 2. The van der Waals surface area contributed by atoms with E-state index >= 15 is 0 Å². The molecule has 0 amide bonds. The number of hydrogen-bond acceptors (Lipinski definition) is 6. The number of rotatable bonds is 8. The third-order valence-electron chi connectivity index (χ3n) is 5.07. The van der Waals surface area contributed by atoms with E-state index in [0.29, 0.717) is 29.4 Å². The number of imidazole rings is 1. The molecule has 0 aliphatic rings. The maximum Gasteiger partial charge on any atom is 0.333 e. The summed E-state index contributed by atoms with van der Waals surface area (Å²) in [7, 11) is 1.38. The summed E-state index contributed by atoms with van der Waals surface area (Å²) < 4.78 is 10.9. The fourth-order valence-electron chi connectivity index (χ4n) is 3.51. The van der Waals surface area contributed by atoms with Crippen molar-refractivity contribution in [2.45, 2.75) is 19.4 Å². The molecule has 0 bridgehead atoms. The SMILES string of the molecule is CCOc1cc(-c2cccc(C[C@@H](OC)C(=O)O)c2)ccc1-c1nc2[nH]cnc2c(=O)[nH]1. The van der Waals surface area contributed by atoms with E-state index < -0.39 is 12.1 Å². The van der Waals surface area contributed by atoms with Gasteiger partial charge < -0.3 is 24.5 Å². The number of benzene rings is 2. The summed E-state index contributed by atoms with van der Waals surface area (Å²) in [5.41, 5.74) is 3.58. The second kappa shape index (κ2) is 9.03. The van der Waals surface area contributed by atoms with Crippen LogP contribution in [0.25, 0.3) is 33.7 Å². The molecule has 4 aromatic rings. The van der Waals surface area contributed by atoms with Gasteiger partial charge in [-0.15, -0.1) is 0 Å². The van der Waals surface area contributed by atoms with E-state index in [9.17, 15) is 14.7 Å². The predicted octanol–water partition coefficient (Wildman–Crippen LogP) is 3.02. The number of aromatic amines is 2. The van der Waals surface area contributed by atoms with Gasteiger partial charge in [-0.25, -0.2) is 14.8 Å². The molecule has 0 unspecified atom stereocenters. The van der Waals surface area contributed by atoms with Crippen molar-refractivity contribution in [3.8, 4) is 28.3 Å². The topological polar surface area (TPSA) is 130 Å². The van der Waals surface area contributed by atoms with Crippen LogP contribution >= 0.6 is 0 Å². The molecule has 4 rings (SSSR count). The van der Waals surface area contributed by atoms with Crippen molar-refractivity contribution in [2.24, 2.45) is 0 Å². The average molecular weight is 434 g/mol. The van der Waals surface area contributed by atoms with Crippen molar-refractivity contribution in [1.82, 2.24) is 19.9 Å². The first-order chi connectivity index (χ1) is 15.5. The highest BCUT2D eigenvalue weighted by Gasteiger charge is 2.18. The lowest BCUT2D eigenvalue weighted by Gasteiger charge is -2.14. The summed E-state index contributed by atoms with van der Waals surface area (Å²) in [5.74, 6) is -0.0609. The van der Waals surface area contributed by atoms with Crippen molar-refractivity contribution in [3.63, 3.8) is 0 Å². The van der Waals surface area contributed by atoms with E-state index in [0.717, 1.165) is 16.7 Å². The Balaban J connectivity index is 1.72. The minimum absolute atomic E-state index is 0.246. The van der Waals surface area contributed by atoms with Crippen LogP contribution < -0.4 is 10.3 Å². The molecule has 0 spiro atoms. The average Bonchev–Trinajstić information content (AvgIpc) is 3.27. The van der Waals surface area contributed by atoms with Crippen LogP contribution in [0, 0.1) is 0 Å². The first-order valence-electron chi connectivity index (χ1n) is 10.1. The third-order valence-corrected chi connectivity index (χ3v) is 5.07. The normalized spacial score (nSPS) is 12.1. The lowest BCUT2D eigenvalue weighted by atomic mass is 9.98. The Morgan fingerprint density at radius 3 is 2.75 bits per heavy atom. The Morgan fingerprint density at radius 2 is 2.00 bits per heavy atom. The zero-order valence-corrected chi connectivity index (χ0v) is 17.6. The van der Waals surface area contributed by atoms with Gasteiger partial charge in [-0.3, -0.25) is 4.79 Å². The molecule has 2 heterocycles. The van der Waals surface area contributed by atoms with E-state index in [4.69, 9.17) is 9.47 Å². The fraction of sp³-hybridized carbons (Fsp3) is 0.217.